The molecule has 0 amide bonds. The number of furan rings is 1. The highest BCUT2D eigenvalue weighted by Crippen LogP contribution is 2.47. The number of hydrogen-bond acceptors (Lipinski definition) is 1. The Morgan fingerprint density at radius 3 is 1.33 bits per heavy atom. The molecule has 1 heterocycles. The van der Waals surface area contributed by atoms with Crippen molar-refractivity contribution in [2.24, 2.45) is 0 Å². The van der Waals surface area contributed by atoms with E-state index in [2.05, 4.69) is 0 Å². The van der Waals surface area contributed by atoms with E-state index in [0.717, 1.165) is 0 Å². The van der Waals surface area contributed by atoms with Crippen LogP contribution in [0.25, 0.3) is 110 Å². The minimum Gasteiger partial charge on any atom is -0.455 e. The summed E-state index contributed by atoms with van der Waals surface area (Å²) >= 11 is 0. The molecule has 0 saturated carbocycles. The zero-order valence-electron chi connectivity index (χ0n) is 46.6. The third-order valence-corrected chi connectivity index (χ3v) is 10.1. The third-order valence-electron chi connectivity index (χ3n) is 10.1. The summed E-state index contributed by atoms with van der Waals surface area (Å²) < 4.78 is 166. The van der Waals surface area contributed by atoms with Crippen LogP contribution >= 0.6 is 0 Å². The first-order chi connectivity index (χ1) is 34.8. The fraction of sp³-hybridized carbons (Fsp3) is 0. The van der Waals surface area contributed by atoms with Crippen LogP contribution < -0.4 is 0 Å². The number of rotatable bonds is 5. The van der Waals surface area contributed by atoms with Gasteiger partial charge in [-0.2, -0.15) is 0 Å². The van der Waals surface area contributed by atoms with Crippen molar-refractivity contribution < 1.29 is 29.1 Å². The van der Waals surface area contributed by atoms with E-state index in [1.54, 1.807) is 91.0 Å². The molecule has 0 saturated heterocycles. The predicted octanol–water partition coefficient (Wildman–Crippen LogP) is 15.4. The van der Waals surface area contributed by atoms with E-state index in [-0.39, 0.29) is 66.1 Å². The molecule has 0 bridgehead atoms. The van der Waals surface area contributed by atoms with Crippen LogP contribution in [0.15, 0.2) is 210 Å². The Hall–Kier alpha value is -7.22. The maximum absolute atomic E-state index is 9.58. The first kappa shape index (κ1) is 18.2. The van der Waals surface area contributed by atoms with Crippen molar-refractivity contribution in [3.8, 4) is 55.6 Å². The monoisotopic (exact) mass is 716 g/mol. The van der Waals surface area contributed by atoms with Crippen LogP contribution in [0.2, 0.25) is 0 Å². The van der Waals surface area contributed by atoms with Gasteiger partial charge in [-0.3, -0.25) is 0 Å². The van der Waals surface area contributed by atoms with Crippen molar-refractivity contribution in [3.63, 3.8) is 0 Å². The molecule has 11 aromatic rings. The topological polar surface area (TPSA) is 13.1 Å². The Balaban J connectivity index is 1.23. The van der Waals surface area contributed by atoms with Crippen LogP contribution in [0.1, 0.15) is 24.7 Å². The molecule has 0 atom stereocenters. The molecule has 0 unspecified atom stereocenters. The Kier molecular flexibility index (Phi) is 4.21. The molecule has 0 aliphatic heterocycles. The first-order valence-corrected chi connectivity index (χ1v) is 17.5. The van der Waals surface area contributed by atoms with E-state index >= 15 is 0 Å². The highest BCUT2D eigenvalue weighted by atomic mass is 16.3. The predicted molar refractivity (Wildman–Crippen MR) is 233 cm³/mol. The van der Waals surface area contributed by atoms with Gasteiger partial charge in [-0.25, -0.2) is 0 Å². The van der Waals surface area contributed by atoms with Crippen molar-refractivity contribution in [1.29, 1.82) is 0 Å². The Morgan fingerprint density at radius 2 is 0.727 bits per heavy atom. The van der Waals surface area contributed by atoms with Crippen LogP contribution in [0.4, 0.5) is 0 Å². The van der Waals surface area contributed by atoms with Crippen LogP contribution in [-0.2, 0) is 0 Å². The average Bonchev–Trinajstić information content (AvgIpc) is 3.79. The van der Waals surface area contributed by atoms with Crippen LogP contribution in [0.3, 0.4) is 0 Å². The molecule has 0 aliphatic carbocycles. The zero-order chi connectivity index (χ0) is 52.0. The SMILES string of the molecule is [2H]c1c([2H])c([2H])c(-c2ccc(-c3c4c([2H])c([2H])c([2H])c([2H])c4c(-c4cccc(-c5cccc6c5oc5c(-c7c([2H])c([2H])c([2H])c([2H])c7[2H])cccc56)c4)c4c([2H])c([2H])c([2H])c([2H])c34)c3ccccc23)c([2H])c1[2H]. The van der Waals surface area contributed by atoms with Gasteiger partial charge < -0.3 is 4.42 Å². The smallest absolute Gasteiger partial charge is 0.143 e. The molecular weight excluding hydrogens is 665 g/mol. The van der Waals surface area contributed by atoms with Crippen LogP contribution in [-0.4, -0.2) is 0 Å². The molecule has 0 spiro atoms. The van der Waals surface area contributed by atoms with Crippen LogP contribution in [0, 0.1) is 0 Å². The zero-order valence-corrected chi connectivity index (χ0v) is 28.6. The van der Waals surface area contributed by atoms with Gasteiger partial charge >= 0.3 is 0 Å². The maximum Gasteiger partial charge on any atom is 0.143 e. The van der Waals surface area contributed by atoms with Gasteiger partial charge in [0, 0.05) is 21.9 Å². The molecule has 0 fully saturated rings. The highest BCUT2D eigenvalue weighted by Gasteiger charge is 2.20. The van der Waals surface area contributed by atoms with Gasteiger partial charge in [-0.15, -0.1) is 0 Å². The summed E-state index contributed by atoms with van der Waals surface area (Å²) in [6.07, 6.45) is 0. The second-order valence-electron chi connectivity index (χ2n) is 13.0. The van der Waals surface area contributed by atoms with E-state index in [9.17, 15) is 5.48 Å². The minimum absolute atomic E-state index is 0.0338. The van der Waals surface area contributed by atoms with E-state index in [1.165, 1.54) is 0 Å². The van der Waals surface area contributed by atoms with E-state index in [0.29, 0.717) is 43.8 Å². The van der Waals surface area contributed by atoms with Gasteiger partial charge in [-0.1, -0.05) is 200 Å². The lowest BCUT2D eigenvalue weighted by Gasteiger charge is -2.20. The largest absolute Gasteiger partial charge is 0.455 e. The number of fused-ring (bicyclic) bond motifs is 6. The summed E-state index contributed by atoms with van der Waals surface area (Å²) in [6, 6.07) is 18.2. The molecule has 0 aliphatic rings. The second-order valence-corrected chi connectivity index (χ2v) is 13.0. The first-order valence-electron chi connectivity index (χ1n) is 26.5. The van der Waals surface area contributed by atoms with Gasteiger partial charge in [0.05, 0.1) is 24.7 Å². The molecule has 0 radical (unpaired) electrons. The summed E-state index contributed by atoms with van der Waals surface area (Å²) in [6.45, 7) is 0. The van der Waals surface area contributed by atoms with Crippen molar-refractivity contribution in [1.82, 2.24) is 0 Å². The molecule has 10 aromatic carbocycles. The number of para-hydroxylation sites is 2. The van der Waals surface area contributed by atoms with Gasteiger partial charge in [0.2, 0.25) is 0 Å². The summed E-state index contributed by atoms with van der Waals surface area (Å²) in [5, 5.41) is 1.86. The fourth-order valence-electron chi connectivity index (χ4n) is 7.77. The Labute approximate surface area is 344 Å². The third kappa shape index (κ3) is 5.01. The van der Waals surface area contributed by atoms with Gasteiger partial charge in [-0.05, 0) is 82.9 Å². The second kappa shape index (κ2) is 12.7. The molecule has 11 rings (SSSR count). The molecule has 1 nitrogen and oxygen atoms in total. The van der Waals surface area contributed by atoms with Crippen molar-refractivity contribution in [2.75, 3.05) is 0 Å². The van der Waals surface area contributed by atoms with Gasteiger partial charge in [0.25, 0.3) is 0 Å². The summed E-state index contributed by atoms with van der Waals surface area (Å²) in [7, 11) is 0. The Morgan fingerprint density at radius 1 is 0.291 bits per heavy atom. The summed E-state index contributed by atoms with van der Waals surface area (Å²) in [4.78, 5) is 0. The lowest BCUT2D eigenvalue weighted by Crippen LogP contribution is -1.92. The summed E-state index contributed by atoms with van der Waals surface area (Å²) in [5.74, 6) is 0. The quantitative estimate of drug-likeness (QED) is 0.162. The maximum atomic E-state index is 9.58. The summed E-state index contributed by atoms with van der Waals surface area (Å²) in [5.41, 5.74) is 2.94. The van der Waals surface area contributed by atoms with E-state index in [1.807, 2.05) is 6.07 Å². The fourth-order valence-corrected chi connectivity index (χ4v) is 7.77. The molecule has 1 heteroatoms. The molecule has 256 valence electrons. The molecule has 55 heavy (non-hydrogen) atoms. The number of benzene rings is 10. The standard InChI is InChI=1S/C54H34O/c1-3-16-35(17-4-1)39-32-33-48(43-23-8-7-22-42(39)43)52-46-26-11-9-24-44(46)51(45-25-10-12-27-47(45)52)38-21-13-20-37(34-38)41-29-15-31-50-49-30-14-28-40(53(49)55-54(41)50)36-18-5-2-6-19-36/h1-34H/i1D,2D,3D,4D,5D,6D,9D,10D,11D,12D,16D,17D,18D,19D,24D,25D,26D,27D. The van der Waals surface area contributed by atoms with Crippen LogP contribution in [0.5, 0.6) is 0 Å². The lowest BCUT2D eigenvalue weighted by atomic mass is 9.83. The van der Waals surface area contributed by atoms with Crippen molar-refractivity contribution >= 4 is 54.3 Å². The Bertz CT molecular complexity index is 4170. The molecule has 1 aromatic heterocycles. The van der Waals surface area contributed by atoms with E-state index < -0.39 is 109 Å². The van der Waals surface area contributed by atoms with Crippen molar-refractivity contribution in [2.45, 2.75) is 0 Å². The molecule has 0 N–H and O–H groups in total. The average molecular weight is 717 g/mol. The lowest BCUT2D eigenvalue weighted by molar-refractivity contribution is 0.671. The normalized spacial score (nSPS) is 16.2. The number of hydrogen-bond donors (Lipinski definition) is 0. The highest BCUT2D eigenvalue weighted by molar-refractivity contribution is 6.24. The van der Waals surface area contributed by atoms with Gasteiger partial charge in [0.1, 0.15) is 11.2 Å². The van der Waals surface area contributed by atoms with E-state index in [4.69, 9.17) is 23.6 Å². The van der Waals surface area contributed by atoms with Crippen molar-refractivity contribution in [3.05, 3.63) is 206 Å². The molecular formula is C54H34O. The van der Waals surface area contributed by atoms with Gasteiger partial charge in [0.15, 0.2) is 0 Å². The minimum atomic E-state index is -0.599.